The summed E-state index contributed by atoms with van der Waals surface area (Å²) >= 11 is 0. The molecule has 0 amide bonds. The van der Waals surface area contributed by atoms with Crippen LogP contribution in [0.1, 0.15) is 36.4 Å². The van der Waals surface area contributed by atoms with Crippen LogP contribution in [0.15, 0.2) is 33.5 Å². The largest absolute Gasteiger partial charge is 0.464 e. The lowest BCUT2D eigenvalue weighted by atomic mass is 9.92. The zero-order valence-electron chi connectivity index (χ0n) is 11.0. The lowest BCUT2D eigenvalue weighted by Crippen LogP contribution is -2.27. The number of aryl methyl sites for hydroxylation is 1. The number of piperidine rings is 1. The molecule has 3 aromatic rings. The van der Waals surface area contributed by atoms with E-state index in [0.717, 1.165) is 17.7 Å². The van der Waals surface area contributed by atoms with Crippen molar-refractivity contribution in [2.24, 2.45) is 0 Å². The highest BCUT2D eigenvalue weighted by Crippen LogP contribution is 2.39. The molecular weight excluding hydrogens is 238 g/mol. The summed E-state index contributed by atoms with van der Waals surface area (Å²) in [6, 6.07) is 4.48. The first-order valence-corrected chi connectivity index (χ1v) is 6.96. The van der Waals surface area contributed by atoms with Crippen molar-refractivity contribution in [1.82, 2.24) is 5.32 Å². The fraction of sp³-hybridized carbons (Fsp3) is 0.375. The Kier molecular flexibility index (Phi) is 2.42. The van der Waals surface area contributed by atoms with Gasteiger partial charge in [0.15, 0.2) is 0 Å². The maximum absolute atomic E-state index is 5.78. The van der Waals surface area contributed by atoms with Crippen LogP contribution in [0.3, 0.4) is 0 Å². The lowest BCUT2D eigenvalue weighted by molar-refractivity contribution is 0.412. The summed E-state index contributed by atoms with van der Waals surface area (Å²) in [6.07, 6.45) is 7.26. The van der Waals surface area contributed by atoms with E-state index in [1.165, 1.54) is 41.2 Å². The lowest BCUT2D eigenvalue weighted by Gasteiger charge is -2.24. The molecule has 1 saturated heterocycles. The summed E-state index contributed by atoms with van der Waals surface area (Å²) in [5.41, 5.74) is 4.46. The van der Waals surface area contributed by atoms with E-state index in [9.17, 15) is 0 Å². The van der Waals surface area contributed by atoms with E-state index in [1.807, 2.05) is 6.07 Å². The van der Waals surface area contributed by atoms with Gasteiger partial charge in [0.25, 0.3) is 0 Å². The van der Waals surface area contributed by atoms with Gasteiger partial charge in [0.2, 0.25) is 0 Å². The topological polar surface area (TPSA) is 38.3 Å². The number of hydrogen-bond acceptors (Lipinski definition) is 3. The first kappa shape index (κ1) is 11.1. The third-order valence-electron chi connectivity index (χ3n) is 4.27. The Morgan fingerprint density at radius 3 is 2.63 bits per heavy atom. The van der Waals surface area contributed by atoms with Crippen molar-refractivity contribution >= 4 is 21.9 Å². The zero-order chi connectivity index (χ0) is 12.8. The molecule has 3 heteroatoms. The molecule has 0 aliphatic carbocycles. The predicted octanol–water partition coefficient (Wildman–Crippen LogP) is 4.30. The molecule has 1 aliphatic heterocycles. The minimum Gasteiger partial charge on any atom is -0.464 e. The van der Waals surface area contributed by atoms with Gasteiger partial charge in [0.05, 0.1) is 12.5 Å². The maximum Gasteiger partial charge on any atom is 0.139 e. The second-order valence-electron chi connectivity index (χ2n) is 5.37. The van der Waals surface area contributed by atoms with Gasteiger partial charge in [-0.15, -0.1) is 0 Å². The van der Waals surface area contributed by atoms with Crippen LogP contribution in [0, 0.1) is 6.92 Å². The maximum atomic E-state index is 5.78. The van der Waals surface area contributed by atoms with Crippen molar-refractivity contribution in [1.29, 1.82) is 0 Å². The summed E-state index contributed by atoms with van der Waals surface area (Å²) in [5.74, 6) is 0. The van der Waals surface area contributed by atoms with Crippen molar-refractivity contribution in [3.8, 4) is 0 Å². The van der Waals surface area contributed by atoms with Crippen LogP contribution in [0.2, 0.25) is 0 Å². The van der Waals surface area contributed by atoms with Crippen molar-refractivity contribution in [2.75, 3.05) is 6.54 Å². The monoisotopic (exact) mass is 255 g/mol. The number of rotatable bonds is 1. The van der Waals surface area contributed by atoms with E-state index >= 15 is 0 Å². The molecule has 19 heavy (non-hydrogen) atoms. The van der Waals surface area contributed by atoms with Crippen LogP contribution in [0.25, 0.3) is 21.9 Å². The van der Waals surface area contributed by atoms with E-state index in [1.54, 1.807) is 12.5 Å². The summed E-state index contributed by atoms with van der Waals surface area (Å²) in [4.78, 5) is 0. The third-order valence-corrected chi connectivity index (χ3v) is 4.27. The molecule has 3 heterocycles. The Balaban J connectivity index is 2.06. The number of nitrogens with one attached hydrogen (secondary N) is 1. The van der Waals surface area contributed by atoms with Crippen LogP contribution in [0.4, 0.5) is 0 Å². The zero-order valence-corrected chi connectivity index (χ0v) is 11.0. The van der Waals surface area contributed by atoms with Crippen LogP contribution in [-0.2, 0) is 0 Å². The normalized spacial score (nSPS) is 20.4. The van der Waals surface area contributed by atoms with Gasteiger partial charge in [-0.3, -0.25) is 0 Å². The highest BCUT2D eigenvalue weighted by atomic mass is 16.3. The van der Waals surface area contributed by atoms with Crippen LogP contribution < -0.4 is 5.32 Å². The predicted molar refractivity (Wildman–Crippen MR) is 75.3 cm³/mol. The van der Waals surface area contributed by atoms with Crippen molar-refractivity contribution in [3.63, 3.8) is 0 Å². The van der Waals surface area contributed by atoms with E-state index in [4.69, 9.17) is 8.83 Å². The molecule has 0 bridgehead atoms. The van der Waals surface area contributed by atoms with E-state index in [2.05, 4.69) is 18.3 Å². The molecule has 0 spiro atoms. The molecule has 3 nitrogen and oxygen atoms in total. The van der Waals surface area contributed by atoms with Gasteiger partial charge in [-0.2, -0.15) is 0 Å². The Morgan fingerprint density at radius 1 is 1.05 bits per heavy atom. The minimum atomic E-state index is 0.378. The standard InChI is InChI=1S/C16H17NO2/c1-10-11-5-8-19-16(11)14(12-6-9-18-15(10)12)13-4-2-3-7-17-13/h5-6,8-9,13,17H,2-4,7H2,1H3. The van der Waals surface area contributed by atoms with E-state index in [0.29, 0.717) is 6.04 Å². The molecule has 1 aromatic carbocycles. The Hall–Kier alpha value is -1.74. The van der Waals surface area contributed by atoms with Gasteiger partial charge < -0.3 is 14.2 Å². The Labute approximate surface area is 111 Å². The van der Waals surface area contributed by atoms with Crippen molar-refractivity contribution in [2.45, 2.75) is 32.2 Å². The van der Waals surface area contributed by atoms with Crippen molar-refractivity contribution < 1.29 is 8.83 Å². The number of benzene rings is 1. The molecule has 98 valence electrons. The van der Waals surface area contributed by atoms with E-state index in [-0.39, 0.29) is 0 Å². The fourth-order valence-corrected chi connectivity index (χ4v) is 3.31. The molecule has 0 saturated carbocycles. The SMILES string of the molecule is Cc1c2ccoc2c(C2CCCCN2)c2ccoc12. The first-order chi connectivity index (χ1) is 9.36. The molecule has 1 unspecified atom stereocenters. The van der Waals surface area contributed by atoms with Gasteiger partial charge >= 0.3 is 0 Å². The van der Waals surface area contributed by atoms with Gasteiger partial charge in [0, 0.05) is 27.9 Å². The highest BCUT2D eigenvalue weighted by Gasteiger charge is 2.24. The second-order valence-corrected chi connectivity index (χ2v) is 5.37. The van der Waals surface area contributed by atoms with Gasteiger partial charge in [-0.1, -0.05) is 6.42 Å². The average molecular weight is 255 g/mol. The fourth-order valence-electron chi connectivity index (χ4n) is 3.31. The Bertz CT molecular complexity index is 680. The van der Waals surface area contributed by atoms with Crippen LogP contribution in [0.5, 0.6) is 0 Å². The average Bonchev–Trinajstić information content (AvgIpc) is 3.09. The van der Waals surface area contributed by atoms with Crippen LogP contribution >= 0.6 is 0 Å². The highest BCUT2D eigenvalue weighted by molar-refractivity contribution is 6.01. The first-order valence-electron chi connectivity index (χ1n) is 6.96. The number of fused-ring (bicyclic) bond motifs is 2. The third kappa shape index (κ3) is 1.55. The molecule has 0 radical (unpaired) electrons. The molecule has 1 atom stereocenters. The summed E-state index contributed by atoms with van der Waals surface area (Å²) in [5, 5.41) is 5.98. The van der Waals surface area contributed by atoms with E-state index < -0.39 is 0 Å². The molecular formula is C16H17NO2. The van der Waals surface area contributed by atoms with Crippen LogP contribution in [-0.4, -0.2) is 6.54 Å². The van der Waals surface area contributed by atoms with Gasteiger partial charge in [-0.25, -0.2) is 0 Å². The molecule has 1 N–H and O–H groups in total. The molecule has 1 aliphatic rings. The quantitative estimate of drug-likeness (QED) is 0.704. The summed E-state index contributed by atoms with van der Waals surface area (Å²) in [6.45, 7) is 3.18. The second kappa shape index (κ2) is 4.14. The smallest absolute Gasteiger partial charge is 0.139 e. The van der Waals surface area contributed by atoms with Gasteiger partial charge in [0.1, 0.15) is 11.2 Å². The minimum absolute atomic E-state index is 0.378. The molecule has 1 fully saturated rings. The van der Waals surface area contributed by atoms with Gasteiger partial charge in [-0.05, 0) is 38.4 Å². The summed E-state index contributed by atoms with van der Waals surface area (Å²) in [7, 11) is 0. The summed E-state index contributed by atoms with van der Waals surface area (Å²) < 4.78 is 11.5. The number of hydrogen-bond donors (Lipinski definition) is 1. The molecule has 2 aromatic heterocycles. The number of furan rings is 2. The Morgan fingerprint density at radius 2 is 1.84 bits per heavy atom. The van der Waals surface area contributed by atoms with Crippen molar-refractivity contribution in [3.05, 3.63) is 35.8 Å². The molecule has 4 rings (SSSR count).